The summed E-state index contributed by atoms with van der Waals surface area (Å²) in [5, 5.41) is 0.509. The van der Waals surface area contributed by atoms with Crippen LogP contribution in [0.25, 0.3) is 6.08 Å². The predicted molar refractivity (Wildman–Crippen MR) is 123 cm³/mol. The van der Waals surface area contributed by atoms with Gasteiger partial charge in [0, 0.05) is 18.8 Å². The molecule has 0 bridgehead atoms. The predicted octanol–water partition coefficient (Wildman–Crippen LogP) is 6.04. The van der Waals surface area contributed by atoms with Gasteiger partial charge in [-0.05, 0) is 42.3 Å². The maximum absolute atomic E-state index is 12.7. The summed E-state index contributed by atoms with van der Waals surface area (Å²) in [6.07, 6.45) is 7.12. The Morgan fingerprint density at radius 3 is 2.28 bits per heavy atom. The fourth-order valence-electron chi connectivity index (χ4n) is 2.98. The zero-order chi connectivity index (χ0) is 22.9. The highest BCUT2D eigenvalue weighted by atomic mass is 35.5. The van der Waals surface area contributed by atoms with Crippen LogP contribution in [0.5, 0.6) is 11.8 Å². The van der Waals surface area contributed by atoms with E-state index < -0.39 is 11.9 Å². The molecule has 0 saturated carbocycles. The number of carbonyl (C=O) groups excluding carboxylic acids is 2. The van der Waals surface area contributed by atoms with Gasteiger partial charge in [0.25, 0.3) is 0 Å². The van der Waals surface area contributed by atoms with Gasteiger partial charge in [0.15, 0.2) is 5.78 Å². The van der Waals surface area contributed by atoms with Gasteiger partial charge in [-0.15, -0.1) is 0 Å². The van der Waals surface area contributed by atoms with Gasteiger partial charge in [-0.2, -0.15) is 0 Å². The Labute approximate surface area is 195 Å². The third-order valence-electron chi connectivity index (χ3n) is 4.57. The number of ketones is 1. The van der Waals surface area contributed by atoms with Crippen molar-refractivity contribution in [3.05, 3.63) is 88.2 Å². The van der Waals surface area contributed by atoms with E-state index in [1.54, 1.807) is 48.8 Å². The van der Waals surface area contributed by atoms with Crippen molar-refractivity contribution in [1.29, 1.82) is 0 Å². The second-order valence-electron chi connectivity index (χ2n) is 6.78. The molecule has 0 N–H and O–H groups in total. The largest absolute Gasteiger partial charge is 0.469 e. The number of nitrogens with zero attached hydrogens (tertiary/aromatic N) is 2. The molecule has 2 aromatic carbocycles. The summed E-state index contributed by atoms with van der Waals surface area (Å²) in [4.78, 5) is 32.9. The molecule has 3 rings (SSSR count). The van der Waals surface area contributed by atoms with Gasteiger partial charge in [-0.1, -0.05) is 53.6 Å². The highest BCUT2D eigenvalue weighted by Crippen LogP contribution is 2.28. The van der Waals surface area contributed by atoms with E-state index in [0.717, 1.165) is 5.56 Å². The second-order valence-corrected chi connectivity index (χ2v) is 7.60. The average molecular weight is 471 g/mol. The van der Waals surface area contributed by atoms with Gasteiger partial charge in [0.1, 0.15) is 5.75 Å². The van der Waals surface area contributed by atoms with Crippen LogP contribution in [-0.4, -0.2) is 28.8 Å². The molecule has 3 aromatic rings. The SMILES string of the molecule is COC(=O)C(C/C=C/c1ccc(Oc2ncccn2)cc1)CC(=O)c1c(Cl)cccc1Cl. The molecule has 1 heterocycles. The third-order valence-corrected chi connectivity index (χ3v) is 5.20. The van der Waals surface area contributed by atoms with Crippen LogP contribution in [-0.2, 0) is 9.53 Å². The van der Waals surface area contributed by atoms with Gasteiger partial charge in [-0.3, -0.25) is 9.59 Å². The van der Waals surface area contributed by atoms with Crippen LogP contribution in [0.4, 0.5) is 0 Å². The third kappa shape index (κ3) is 6.39. The molecule has 0 aliphatic rings. The Morgan fingerprint density at radius 2 is 1.66 bits per heavy atom. The molecule has 1 unspecified atom stereocenters. The molecule has 164 valence electrons. The smallest absolute Gasteiger partial charge is 0.321 e. The molecule has 32 heavy (non-hydrogen) atoms. The van der Waals surface area contributed by atoms with Crippen LogP contribution in [0.15, 0.2) is 67.0 Å². The standard InChI is InChI=1S/C24H20Cl2N2O4/c1-31-23(30)17(15-21(29)22-19(25)7-3-8-20(22)26)6-2-5-16-9-11-18(12-10-16)32-24-27-13-4-14-28-24/h2-5,7-14,17H,6,15H2,1H3/b5-2+. The van der Waals surface area contributed by atoms with E-state index in [4.69, 9.17) is 32.7 Å². The summed E-state index contributed by atoms with van der Waals surface area (Å²) in [6, 6.07) is 14.1. The first-order valence-corrected chi connectivity index (χ1v) is 10.5. The minimum absolute atomic E-state index is 0.0652. The summed E-state index contributed by atoms with van der Waals surface area (Å²) in [7, 11) is 1.29. The summed E-state index contributed by atoms with van der Waals surface area (Å²) in [5.74, 6) is -0.844. The molecule has 0 aliphatic heterocycles. The van der Waals surface area contributed by atoms with Gasteiger partial charge in [0.2, 0.25) is 0 Å². The molecule has 1 atom stereocenters. The van der Waals surface area contributed by atoms with Crippen LogP contribution in [0.2, 0.25) is 10.0 Å². The molecule has 0 saturated heterocycles. The lowest BCUT2D eigenvalue weighted by Crippen LogP contribution is -2.20. The van der Waals surface area contributed by atoms with Crippen LogP contribution >= 0.6 is 23.2 Å². The number of methoxy groups -OCH3 is 1. The number of esters is 1. The number of carbonyl (C=O) groups is 2. The number of halogens is 2. The quantitative estimate of drug-likeness (QED) is 0.280. The van der Waals surface area contributed by atoms with Crippen molar-refractivity contribution in [3.8, 4) is 11.8 Å². The first kappa shape index (κ1) is 23.4. The zero-order valence-corrected chi connectivity index (χ0v) is 18.7. The van der Waals surface area contributed by atoms with Crippen molar-refractivity contribution >= 4 is 41.0 Å². The van der Waals surface area contributed by atoms with E-state index in [2.05, 4.69) is 9.97 Å². The minimum Gasteiger partial charge on any atom is -0.469 e. The molecule has 0 radical (unpaired) electrons. The highest BCUT2D eigenvalue weighted by Gasteiger charge is 2.24. The van der Waals surface area contributed by atoms with Crippen molar-refractivity contribution in [2.75, 3.05) is 7.11 Å². The molecular formula is C24H20Cl2N2O4. The Balaban J connectivity index is 1.63. The molecule has 0 amide bonds. The Morgan fingerprint density at radius 1 is 1.00 bits per heavy atom. The Bertz CT molecular complexity index is 1080. The van der Waals surface area contributed by atoms with Crippen molar-refractivity contribution in [3.63, 3.8) is 0 Å². The van der Waals surface area contributed by atoms with E-state index in [1.807, 2.05) is 24.3 Å². The zero-order valence-electron chi connectivity index (χ0n) is 17.2. The molecule has 1 aromatic heterocycles. The maximum atomic E-state index is 12.7. The monoisotopic (exact) mass is 470 g/mol. The first-order valence-electron chi connectivity index (χ1n) is 9.74. The van der Waals surface area contributed by atoms with Gasteiger partial charge in [-0.25, -0.2) is 9.97 Å². The van der Waals surface area contributed by atoms with Crippen molar-refractivity contribution < 1.29 is 19.1 Å². The van der Waals surface area contributed by atoms with Gasteiger partial charge < -0.3 is 9.47 Å². The lowest BCUT2D eigenvalue weighted by atomic mass is 9.95. The second kappa shape index (κ2) is 11.4. The van der Waals surface area contributed by atoms with Crippen molar-refractivity contribution in [2.24, 2.45) is 5.92 Å². The summed E-state index contributed by atoms with van der Waals surface area (Å²) in [6.45, 7) is 0. The number of hydrogen-bond donors (Lipinski definition) is 0. The van der Waals surface area contributed by atoms with Crippen molar-refractivity contribution in [1.82, 2.24) is 9.97 Å². The summed E-state index contributed by atoms with van der Waals surface area (Å²) in [5.41, 5.74) is 1.11. The maximum Gasteiger partial charge on any atom is 0.321 e. The van der Waals surface area contributed by atoms with Crippen molar-refractivity contribution in [2.45, 2.75) is 12.8 Å². The lowest BCUT2D eigenvalue weighted by Gasteiger charge is -2.13. The van der Waals surface area contributed by atoms with Crippen LogP contribution in [0.1, 0.15) is 28.8 Å². The van der Waals surface area contributed by atoms with Gasteiger partial charge >= 0.3 is 12.0 Å². The molecule has 8 heteroatoms. The average Bonchev–Trinajstić information content (AvgIpc) is 2.79. The van der Waals surface area contributed by atoms with E-state index in [-0.39, 0.29) is 33.8 Å². The number of benzene rings is 2. The number of hydrogen-bond acceptors (Lipinski definition) is 6. The van der Waals surface area contributed by atoms with E-state index >= 15 is 0 Å². The van der Waals surface area contributed by atoms with E-state index in [9.17, 15) is 9.59 Å². The van der Waals surface area contributed by atoms with Crippen LogP contribution < -0.4 is 4.74 Å². The molecule has 0 fully saturated rings. The number of ether oxygens (including phenoxy) is 2. The highest BCUT2D eigenvalue weighted by molar-refractivity contribution is 6.39. The minimum atomic E-state index is -0.658. The Hall–Kier alpha value is -3.22. The van der Waals surface area contributed by atoms with E-state index in [1.165, 1.54) is 7.11 Å². The fraction of sp³-hybridized carbons (Fsp3) is 0.167. The molecule has 0 aliphatic carbocycles. The summed E-state index contributed by atoms with van der Waals surface area (Å²) < 4.78 is 10.4. The molecule has 0 spiro atoms. The summed E-state index contributed by atoms with van der Waals surface area (Å²) >= 11 is 12.2. The fourth-order valence-corrected chi connectivity index (χ4v) is 3.59. The number of Topliss-reactive ketones (excluding diaryl/α,β-unsaturated/α-hetero) is 1. The Kier molecular flexibility index (Phi) is 8.36. The lowest BCUT2D eigenvalue weighted by molar-refractivity contribution is -0.145. The number of rotatable bonds is 9. The molecule has 6 nitrogen and oxygen atoms in total. The normalized spacial score (nSPS) is 11.8. The number of allylic oxidation sites excluding steroid dienone is 1. The van der Waals surface area contributed by atoms with E-state index in [0.29, 0.717) is 12.2 Å². The first-order chi connectivity index (χ1) is 15.5. The number of aromatic nitrogens is 2. The van der Waals surface area contributed by atoms with Crippen LogP contribution in [0, 0.1) is 5.92 Å². The topological polar surface area (TPSA) is 78.4 Å². The molecular weight excluding hydrogens is 451 g/mol. The van der Waals surface area contributed by atoms with Crippen LogP contribution in [0.3, 0.4) is 0 Å². The van der Waals surface area contributed by atoms with Gasteiger partial charge in [0.05, 0.1) is 28.6 Å².